The van der Waals surface area contributed by atoms with Crippen LogP contribution < -0.4 is 14.8 Å². The Balaban J connectivity index is 2.43. The van der Waals surface area contributed by atoms with Crippen LogP contribution in [0.2, 0.25) is 0 Å². The third-order valence-electron chi connectivity index (χ3n) is 3.92. The summed E-state index contributed by atoms with van der Waals surface area (Å²) in [5.41, 5.74) is 0.567. The number of rotatable bonds is 7. The number of carbonyl (C=O) groups excluding carboxylic acids is 1. The smallest absolute Gasteiger partial charge is 0.243 e. The van der Waals surface area contributed by atoms with Crippen LogP contribution in [0.15, 0.2) is 17.0 Å². The molecule has 0 bridgehead atoms. The third kappa shape index (κ3) is 4.62. The Labute approximate surface area is 148 Å². The summed E-state index contributed by atoms with van der Waals surface area (Å²) in [5, 5.41) is 2.68. The summed E-state index contributed by atoms with van der Waals surface area (Å²) in [6, 6.07) is 3.13. The van der Waals surface area contributed by atoms with Crippen molar-refractivity contribution in [2.24, 2.45) is 0 Å². The lowest BCUT2D eigenvalue weighted by molar-refractivity contribution is -0.118. The van der Waals surface area contributed by atoms with E-state index in [0.717, 1.165) is 0 Å². The minimum atomic E-state index is -3.70. The molecule has 1 fully saturated rings. The lowest BCUT2D eigenvalue weighted by Gasteiger charge is -2.27. The fraction of sp³-hybridized carbons (Fsp3) is 0.562. The molecule has 2 rings (SSSR count). The Morgan fingerprint density at radius 2 is 1.80 bits per heavy atom. The highest BCUT2D eigenvalue weighted by molar-refractivity contribution is 7.89. The van der Waals surface area contributed by atoms with Gasteiger partial charge in [0.15, 0.2) is 11.5 Å². The number of hydrogen-bond donors (Lipinski definition) is 1. The minimum Gasteiger partial charge on any atom is -0.493 e. The second-order valence-electron chi connectivity index (χ2n) is 5.56. The van der Waals surface area contributed by atoms with Gasteiger partial charge < -0.3 is 19.5 Å². The molecule has 8 nitrogen and oxygen atoms in total. The number of methoxy groups -OCH3 is 2. The van der Waals surface area contributed by atoms with Crippen molar-refractivity contribution in [3.05, 3.63) is 17.7 Å². The number of morpholine rings is 1. The highest BCUT2D eigenvalue weighted by Crippen LogP contribution is 2.34. The number of carbonyl (C=O) groups is 1. The lowest BCUT2D eigenvalue weighted by atomic mass is 10.1. The summed E-state index contributed by atoms with van der Waals surface area (Å²) < 4.78 is 43.3. The molecule has 1 N–H and O–H groups in total. The second kappa shape index (κ2) is 8.50. The average Bonchev–Trinajstić information content (AvgIpc) is 2.61. The van der Waals surface area contributed by atoms with Gasteiger partial charge in [-0.15, -0.1) is 0 Å². The predicted molar refractivity (Wildman–Crippen MR) is 91.5 cm³/mol. The van der Waals surface area contributed by atoms with Crippen LogP contribution in [0.1, 0.15) is 12.5 Å². The van der Waals surface area contributed by atoms with Crippen LogP contribution in [0, 0.1) is 0 Å². The highest BCUT2D eigenvalue weighted by atomic mass is 32.2. The van der Waals surface area contributed by atoms with Crippen molar-refractivity contribution in [3.8, 4) is 11.5 Å². The summed E-state index contributed by atoms with van der Waals surface area (Å²) >= 11 is 0. The highest BCUT2D eigenvalue weighted by Gasteiger charge is 2.30. The molecule has 0 aromatic heterocycles. The topological polar surface area (TPSA) is 94.2 Å². The molecule has 1 aliphatic heterocycles. The lowest BCUT2D eigenvalue weighted by Crippen LogP contribution is -2.41. The van der Waals surface area contributed by atoms with Gasteiger partial charge in [0.2, 0.25) is 15.9 Å². The maximum absolute atomic E-state index is 13.1. The third-order valence-corrected chi connectivity index (χ3v) is 5.90. The summed E-state index contributed by atoms with van der Waals surface area (Å²) in [5.74, 6) is 0.622. The van der Waals surface area contributed by atoms with E-state index in [4.69, 9.17) is 14.2 Å². The van der Waals surface area contributed by atoms with Crippen molar-refractivity contribution in [2.45, 2.75) is 18.2 Å². The molecule has 1 amide bonds. The van der Waals surface area contributed by atoms with E-state index in [-0.39, 0.29) is 10.8 Å². The van der Waals surface area contributed by atoms with Gasteiger partial charge >= 0.3 is 0 Å². The van der Waals surface area contributed by atoms with E-state index in [1.807, 2.05) is 0 Å². The van der Waals surface area contributed by atoms with Crippen LogP contribution in [0.25, 0.3) is 0 Å². The Morgan fingerprint density at radius 1 is 1.20 bits per heavy atom. The number of amides is 1. The molecule has 1 aromatic carbocycles. The van der Waals surface area contributed by atoms with E-state index in [9.17, 15) is 13.2 Å². The number of benzene rings is 1. The van der Waals surface area contributed by atoms with Crippen LogP contribution in [-0.2, 0) is 26.0 Å². The molecule has 25 heavy (non-hydrogen) atoms. The minimum absolute atomic E-state index is 0.164. The molecule has 0 aliphatic carbocycles. The standard InChI is InChI=1S/C16H24N2O6S/c1-12(19)17-5-4-13-10-14(22-2)15(23-3)11-16(13)25(20,21)18-6-8-24-9-7-18/h10-11H,4-9H2,1-3H3,(H,17,19). The zero-order chi connectivity index (χ0) is 18.4. The summed E-state index contributed by atoms with van der Waals surface area (Å²) in [6.45, 7) is 3.10. The molecule has 0 atom stereocenters. The Kier molecular flexibility index (Phi) is 6.63. The van der Waals surface area contributed by atoms with E-state index < -0.39 is 10.0 Å². The number of nitrogens with zero attached hydrogens (tertiary/aromatic N) is 1. The summed E-state index contributed by atoms with van der Waals surface area (Å²) in [7, 11) is -0.746. The van der Waals surface area contributed by atoms with E-state index in [2.05, 4.69) is 5.32 Å². The first-order chi connectivity index (χ1) is 11.9. The molecule has 1 aliphatic rings. The van der Waals surface area contributed by atoms with Crippen LogP contribution in [0.5, 0.6) is 11.5 Å². The van der Waals surface area contributed by atoms with Crippen LogP contribution >= 0.6 is 0 Å². The van der Waals surface area contributed by atoms with Crippen molar-refractivity contribution in [3.63, 3.8) is 0 Å². The number of sulfonamides is 1. The van der Waals surface area contributed by atoms with Crippen LogP contribution in [-0.4, -0.2) is 65.7 Å². The van der Waals surface area contributed by atoms with Crippen molar-refractivity contribution < 1.29 is 27.4 Å². The first-order valence-electron chi connectivity index (χ1n) is 7.97. The SMILES string of the molecule is COc1cc(CCNC(C)=O)c(S(=O)(=O)N2CCOCC2)cc1OC. The molecular formula is C16H24N2O6S. The second-order valence-corrected chi connectivity index (χ2v) is 7.47. The van der Waals surface area contributed by atoms with Gasteiger partial charge in [-0.3, -0.25) is 4.79 Å². The number of ether oxygens (including phenoxy) is 3. The zero-order valence-electron chi connectivity index (χ0n) is 14.7. The molecule has 0 spiro atoms. The molecule has 9 heteroatoms. The van der Waals surface area contributed by atoms with Gasteiger partial charge in [0.1, 0.15) is 0 Å². The zero-order valence-corrected chi connectivity index (χ0v) is 15.5. The van der Waals surface area contributed by atoms with E-state index >= 15 is 0 Å². The Bertz CT molecular complexity index is 714. The Morgan fingerprint density at radius 3 is 2.36 bits per heavy atom. The van der Waals surface area contributed by atoms with Crippen molar-refractivity contribution >= 4 is 15.9 Å². The van der Waals surface area contributed by atoms with Gasteiger partial charge in [-0.25, -0.2) is 8.42 Å². The summed E-state index contributed by atoms with van der Waals surface area (Å²) in [6.07, 6.45) is 0.360. The molecule has 1 saturated heterocycles. The van der Waals surface area contributed by atoms with Crippen LogP contribution in [0.3, 0.4) is 0 Å². The first-order valence-corrected chi connectivity index (χ1v) is 9.41. The van der Waals surface area contributed by atoms with Gasteiger partial charge in [-0.2, -0.15) is 4.31 Å². The quantitative estimate of drug-likeness (QED) is 0.745. The molecule has 1 aromatic rings. The maximum atomic E-state index is 13.1. The fourth-order valence-electron chi connectivity index (χ4n) is 2.64. The molecule has 140 valence electrons. The maximum Gasteiger partial charge on any atom is 0.243 e. The van der Waals surface area contributed by atoms with E-state index in [0.29, 0.717) is 56.3 Å². The fourth-order valence-corrected chi connectivity index (χ4v) is 4.29. The van der Waals surface area contributed by atoms with Gasteiger partial charge in [-0.1, -0.05) is 0 Å². The molecule has 0 unspecified atom stereocenters. The predicted octanol–water partition coefficient (Wildman–Crippen LogP) is 0.403. The molecule has 0 radical (unpaired) electrons. The monoisotopic (exact) mass is 372 g/mol. The largest absolute Gasteiger partial charge is 0.493 e. The van der Waals surface area contributed by atoms with E-state index in [1.165, 1.54) is 31.5 Å². The van der Waals surface area contributed by atoms with Gasteiger partial charge in [0.25, 0.3) is 0 Å². The van der Waals surface area contributed by atoms with Gasteiger partial charge in [-0.05, 0) is 18.1 Å². The Hall–Kier alpha value is -1.84. The molecule has 1 heterocycles. The van der Waals surface area contributed by atoms with E-state index in [1.54, 1.807) is 6.07 Å². The molecule has 0 saturated carbocycles. The normalized spacial score (nSPS) is 15.6. The number of hydrogen-bond acceptors (Lipinski definition) is 6. The number of nitrogens with one attached hydrogen (secondary N) is 1. The first kappa shape index (κ1) is 19.5. The average molecular weight is 372 g/mol. The van der Waals surface area contributed by atoms with Crippen molar-refractivity contribution in [2.75, 3.05) is 47.1 Å². The summed E-state index contributed by atoms with van der Waals surface area (Å²) in [4.78, 5) is 11.3. The van der Waals surface area contributed by atoms with Gasteiger partial charge in [0, 0.05) is 32.6 Å². The molecular weight excluding hydrogens is 348 g/mol. The van der Waals surface area contributed by atoms with Crippen molar-refractivity contribution in [1.29, 1.82) is 0 Å². The van der Waals surface area contributed by atoms with Gasteiger partial charge in [0.05, 0.1) is 32.3 Å². The van der Waals surface area contributed by atoms with Crippen LogP contribution in [0.4, 0.5) is 0 Å². The van der Waals surface area contributed by atoms with Crippen molar-refractivity contribution in [1.82, 2.24) is 9.62 Å².